The Balaban J connectivity index is 1.73. The molecule has 0 unspecified atom stereocenters. The molecule has 0 spiro atoms. The second-order valence-electron chi connectivity index (χ2n) is 5.83. The lowest BCUT2D eigenvalue weighted by molar-refractivity contribution is 0.0948. The Morgan fingerprint density at radius 1 is 1.26 bits per heavy atom. The molecule has 2 aromatic heterocycles. The van der Waals surface area contributed by atoms with E-state index in [1.54, 1.807) is 23.0 Å². The van der Waals surface area contributed by atoms with Gasteiger partial charge in [0.15, 0.2) is 10.8 Å². The van der Waals surface area contributed by atoms with Crippen molar-refractivity contribution in [3.8, 4) is 0 Å². The van der Waals surface area contributed by atoms with E-state index in [9.17, 15) is 9.18 Å². The van der Waals surface area contributed by atoms with Crippen molar-refractivity contribution < 1.29 is 9.18 Å². The number of carbonyl (C=O) groups excluding carboxylic acids is 1. The summed E-state index contributed by atoms with van der Waals surface area (Å²) in [7, 11) is 0. The molecule has 0 aliphatic carbocycles. The molecule has 0 radical (unpaired) electrons. The third-order valence-electron chi connectivity index (χ3n) is 3.93. The molecule has 0 aliphatic rings. The summed E-state index contributed by atoms with van der Waals surface area (Å²) in [6.45, 7) is 3.62. The highest BCUT2D eigenvalue weighted by Gasteiger charge is 2.14. The molecule has 0 aliphatic heterocycles. The van der Waals surface area contributed by atoms with E-state index in [1.807, 2.05) is 6.26 Å². The second kappa shape index (κ2) is 8.81. The van der Waals surface area contributed by atoms with Crippen molar-refractivity contribution in [1.82, 2.24) is 25.1 Å². The highest BCUT2D eigenvalue weighted by molar-refractivity contribution is 7.98. The molecule has 142 valence electrons. The fourth-order valence-corrected chi connectivity index (χ4v) is 2.94. The molecule has 27 heavy (non-hydrogen) atoms. The lowest BCUT2D eigenvalue weighted by Crippen LogP contribution is -2.28. The number of halogens is 1. The molecule has 0 bridgehead atoms. The van der Waals surface area contributed by atoms with E-state index in [0.717, 1.165) is 24.2 Å². The van der Waals surface area contributed by atoms with Gasteiger partial charge in [0.25, 0.3) is 5.91 Å². The molecule has 0 atom stereocenters. The van der Waals surface area contributed by atoms with Gasteiger partial charge in [-0.2, -0.15) is 5.10 Å². The molecule has 1 aromatic carbocycles. The maximum Gasteiger partial charge on any atom is 0.254 e. The zero-order valence-corrected chi connectivity index (χ0v) is 16.0. The Morgan fingerprint density at radius 3 is 2.81 bits per heavy atom. The number of benzene rings is 1. The monoisotopic (exact) mass is 388 g/mol. The quantitative estimate of drug-likeness (QED) is 0.456. The fraction of sp³-hybridized carbons (Fsp3) is 0.333. The van der Waals surface area contributed by atoms with E-state index >= 15 is 0 Å². The summed E-state index contributed by atoms with van der Waals surface area (Å²) in [6.07, 6.45) is 4.62. The number of hydrogen-bond acceptors (Lipinski definition) is 6. The van der Waals surface area contributed by atoms with Crippen molar-refractivity contribution >= 4 is 34.5 Å². The predicted octanol–water partition coefficient (Wildman–Crippen LogP) is 2.94. The van der Waals surface area contributed by atoms with Crippen LogP contribution in [0.15, 0.2) is 35.6 Å². The zero-order valence-electron chi connectivity index (χ0n) is 15.2. The maximum absolute atomic E-state index is 13.7. The van der Waals surface area contributed by atoms with Crippen LogP contribution in [-0.4, -0.2) is 45.0 Å². The molecule has 9 heteroatoms. The lowest BCUT2D eigenvalue weighted by atomic mass is 10.2. The van der Waals surface area contributed by atoms with Gasteiger partial charge in [-0.1, -0.05) is 30.8 Å². The van der Waals surface area contributed by atoms with Gasteiger partial charge in [-0.15, -0.1) is 0 Å². The van der Waals surface area contributed by atoms with Gasteiger partial charge in [-0.25, -0.2) is 19.0 Å². The summed E-state index contributed by atoms with van der Waals surface area (Å²) in [5.74, 6) is -0.231. The van der Waals surface area contributed by atoms with Crippen LogP contribution in [0.3, 0.4) is 0 Å². The number of thioether (sulfide) groups is 1. The standard InChI is InChI=1S/C18H21FN6OS/c1-3-8-20-15-13-11-22-25(16(13)24-18(23-15)27-2)10-9-21-17(26)12-6-4-5-7-14(12)19/h4-7,11H,3,8-10H2,1-2H3,(H,21,26)(H,20,23,24). The summed E-state index contributed by atoms with van der Waals surface area (Å²) < 4.78 is 15.4. The Hall–Kier alpha value is -2.68. The van der Waals surface area contributed by atoms with Gasteiger partial charge in [0.05, 0.1) is 23.7 Å². The molecule has 0 saturated carbocycles. The number of amides is 1. The topological polar surface area (TPSA) is 84.7 Å². The molecule has 2 heterocycles. The summed E-state index contributed by atoms with van der Waals surface area (Å²) in [6, 6.07) is 5.90. The molecule has 1 amide bonds. The average molecular weight is 388 g/mol. The van der Waals surface area contributed by atoms with Crippen molar-refractivity contribution in [2.45, 2.75) is 25.0 Å². The first-order chi connectivity index (χ1) is 13.1. The van der Waals surface area contributed by atoms with Gasteiger partial charge in [-0.3, -0.25) is 4.79 Å². The Bertz CT molecular complexity index is 945. The Morgan fingerprint density at radius 2 is 2.07 bits per heavy atom. The number of rotatable bonds is 8. The third kappa shape index (κ3) is 4.36. The highest BCUT2D eigenvalue weighted by Crippen LogP contribution is 2.23. The Kier molecular flexibility index (Phi) is 6.23. The molecular formula is C18H21FN6OS. The van der Waals surface area contributed by atoms with Crippen LogP contribution in [0.25, 0.3) is 11.0 Å². The number of hydrogen-bond donors (Lipinski definition) is 2. The minimum atomic E-state index is -0.538. The number of nitrogens with zero attached hydrogens (tertiary/aromatic N) is 4. The normalized spacial score (nSPS) is 10.9. The predicted molar refractivity (Wildman–Crippen MR) is 105 cm³/mol. The van der Waals surface area contributed by atoms with Crippen molar-refractivity contribution in [2.24, 2.45) is 0 Å². The van der Waals surface area contributed by atoms with Crippen molar-refractivity contribution in [3.63, 3.8) is 0 Å². The van der Waals surface area contributed by atoms with E-state index in [4.69, 9.17) is 0 Å². The zero-order chi connectivity index (χ0) is 19.2. The van der Waals surface area contributed by atoms with E-state index in [0.29, 0.717) is 23.9 Å². The van der Waals surface area contributed by atoms with Gasteiger partial charge in [0, 0.05) is 13.1 Å². The van der Waals surface area contributed by atoms with Crippen LogP contribution in [0.4, 0.5) is 10.2 Å². The van der Waals surface area contributed by atoms with Crippen LogP contribution in [0, 0.1) is 5.82 Å². The third-order valence-corrected chi connectivity index (χ3v) is 4.48. The van der Waals surface area contributed by atoms with E-state index in [-0.39, 0.29) is 5.56 Å². The van der Waals surface area contributed by atoms with Crippen LogP contribution in [0.1, 0.15) is 23.7 Å². The first kappa shape index (κ1) is 19.1. The maximum atomic E-state index is 13.7. The van der Waals surface area contributed by atoms with Crippen LogP contribution >= 0.6 is 11.8 Å². The Labute approximate surface area is 160 Å². The molecule has 7 nitrogen and oxygen atoms in total. The smallest absolute Gasteiger partial charge is 0.254 e. The molecule has 3 aromatic rings. The number of nitrogens with one attached hydrogen (secondary N) is 2. The molecule has 3 rings (SSSR count). The van der Waals surface area contributed by atoms with Crippen LogP contribution in [0.2, 0.25) is 0 Å². The molecule has 0 fully saturated rings. The minimum absolute atomic E-state index is 0.0286. The van der Waals surface area contributed by atoms with Crippen molar-refractivity contribution in [2.75, 3.05) is 24.7 Å². The first-order valence-corrected chi connectivity index (χ1v) is 9.90. The number of aromatic nitrogens is 4. The number of carbonyl (C=O) groups is 1. The summed E-state index contributed by atoms with van der Waals surface area (Å²) >= 11 is 1.46. The summed E-state index contributed by atoms with van der Waals surface area (Å²) in [5.41, 5.74) is 0.731. The lowest BCUT2D eigenvalue weighted by Gasteiger charge is -2.09. The second-order valence-corrected chi connectivity index (χ2v) is 6.60. The van der Waals surface area contributed by atoms with Crippen molar-refractivity contribution in [3.05, 3.63) is 41.8 Å². The van der Waals surface area contributed by atoms with E-state index < -0.39 is 11.7 Å². The van der Waals surface area contributed by atoms with Crippen molar-refractivity contribution in [1.29, 1.82) is 0 Å². The van der Waals surface area contributed by atoms with Crippen LogP contribution < -0.4 is 10.6 Å². The van der Waals surface area contributed by atoms with Gasteiger partial charge in [-0.05, 0) is 24.8 Å². The highest BCUT2D eigenvalue weighted by atomic mass is 32.2. The summed E-state index contributed by atoms with van der Waals surface area (Å²) in [5, 5.41) is 11.9. The fourth-order valence-electron chi connectivity index (χ4n) is 2.58. The van der Waals surface area contributed by atoms with Gasteiger partial charge < -0.3 is 10.6 Å². The van der Waals surface area contributed by atoms with Crippen LogP contribution in [0.5, 0.6) is 0 Å². The number of anilines is 1. The first-order valence-electron chi connectivity index (χ1n) is 8.68. The SMILES string of the molecule is CCCNc1nc(SC)nc2c1cnn2CCNC(=O)c1ccccc1F. The minimum Gasteiger partial charge on any atom is -0.369 e. The van der Waals surface area contributed by atoms with Crippen LogP contribution in [-0.2, 0) is 6.54 Å². The van der Waals surface area contributed by atoms with E-state index in [1.165, 1.54) is 23.9 Å². The molecule has 0 saturated heterocycles. The van der Waals surface area contributed by atoms with Gasteiger partial charge in [0.2, 0.25) is 0 Å². The number of fused-ring (bicyclic) bond motifs is 1. The van der Waals surface area contributed by atoms with Gasteiger partial charge >= 0.3 is 0 Å². The summed E-state index contributed by atoms with van der Waals surface area (Å²) in [4.78, 5) is 21.1. The average Bonchev–Trinajstić information content (AvgIpc) is 3.09. The van der Waals surface area contributed by atoms with Gasteiger partial charge in [0.1, 0.15) is 11.6 Å². The van der Waals surface area contributed by atoms with E-state index in [2.05, 4.69) is 32.6 Å². The largest absolute Gasteiger partial charge is 0.369 e. The molecule has 2 N–H and O–H groups in total. The molecular weight excluding hydrogens is 367 g/mol.